The summed E-state index contributed by atoms with van der Waals surface area (Å²) in [6.45, 7) is 0. The number of rotatable bonds is 9. The van der Waals surface area contributed by atoms with Gasteiger partial charge in [0.1, 0.15) is 12.1 Å². The molecule has 0 heterocycles. The van der Waals surface area contributed by atoms with Gasteiger partial charge in [-0.25, -0.2) is 9.59 Å². The smallest absolute Gasteiger partial charge is 0.471 e. The number of hydrogen-bond acceptors (Lipinski definition) is 7. The number of benzene rings is 2. The highest BCUT2D eigenvalue weighted by Crippen LogP contribution is 2.19. The third-order valence-electron chi connectivity index (χ3n) is 4.45. The van der Waals surface area contributed by atoms with E-state index in [4.69, 9.17) is 10.8 Å². The molecule has 0 radical (unpaired) electrons. The maximum Gasteiger partial charge on any atom is 0.471 e. The minimum atomic E-state index is -5.07. The molecule has 0 bridgehead atoms. The fourth-order valence-electron chi connectivity index (χ4n) is 2.63. The fraction of sp³-hybridized carbons (Fsp3) is 0.333. The molecular weight excluding hydrogens is 511 g/mol. The maximum absolute atomic E-state index is 12.4. The highest BCUT2D eigenvalue weighted by atomic mass is 32.2. The lowest BCUT2D eigenvalue weighted by atomic mass is 10.0. The van der Waals surface area contributed by atoms with Crippen molar-refractivity contribution in [3.63, 3.8) is 0 Å². The molecule has 2 aromatic carbocycles. The molecule has 35 heavy (non-hydrogen) atoms. The number of carboxylic acids is 2. The second-order valence-corrected chi connectivity index (χ2v) is 8.39. The topological polar surface area (TPSA) is 159 Å². The predicted molar refractivity (Wildman–Crippen MR) is 128 cm³/mol. The van der Waals surface area contributed by atoms with Crippen LogP contribution in [0.15, 0.2) is 42.5 Å². The Hall–Kier alpha value is -2.97. The van der Waals surface area contributed by atoms with E-state index in [9.17, 15) is 37.5 Å². The molecule has 0 saturated carbocycles. The number of carbonyl (C=O) groups is 4. The Morgan fingerprint density at radius 3 is 2.09 bits per heavy atom. The van der Waals surface area contributed by atoms with Gasteiger partial charge in [-0.05, 0) is 23.1 Å². The third-order valence-corrected chi connectivity index (χ3v) is 5.61. The van der Waals surface area contributed by atoms with Gasteiger partial charge in [-0.2, -0.15) is 25.8 Å². The number of halogens is 3. The zero-order valence-electron chi connectivity index (χ0n) is 18.3. The molecule has 1 unspecified atom stereocenters. The second-order valence-electron chi connectivity index (χ2n) is 6.95. The van der Waals surface area contributed by atoms with Crippen molar-refractivity contribution in [2.24, 2.45) is 5.73 Å². The number of carboxylic acid groups (broad SMARTS) is 2. The Morgan fingerprint density at radius 2 is 1.57 bits per heavy atom. The van der Waals surface area contributed by atoms with Crippen molar-refractivity contribution < 1.29 is 42.6 Å². The van der Waals surface area contributed by atoms with Crippen molar-refractivity contribution in [3.8, 4) is 0 Å². The molecule has 192 valence electrons. The lowest BCUT2D eigenvalue weighted by Gasteiger charge is -2.18. The molecule has 3 atom stereocenters. The number of thioether (sulfide) groups is 1. The van der Waals surface area contributed by atoms with E-state index in [2.05, 4.69) is 17.9 Å². The van der Waals surface area contributed by atoms with Gasteiger partial charge >= 0.3 is 24.0 Å². The summed E-state index contributed by atoms with van der Waals surface area (Å²) in [7, 11) is 0. The summed E-state index contributed by atoms with van der Waals surface area (Å²) >= 11 is 4.82. The van der Waals surface area contributed by atoms with Crippen LogP contribution in [0.1, 0.15) is 16.8 Å². The SMILES string of the molecule is CSC(N)C[C@H](NC(=O)c1cccc2ccccc12)C(=O)O.O=C(O)[C@H](CS)NC(=O)C(F)(F)F. The molecular formula is C21H24F3N3O6S2. The van der Waals surface area contributed by atoms with Gasteiger partial charge in [-0.3, -0.25) is 9.59 Å². The number of fused-ring (bicyclic) bond motifs is 1. The van der Waals surface area contributed by atoms with Crippen LogP contribution in [-0.4, -0.2) is 69.6 Å². The van der Waals surface area contributed by atoms with Crippen LogP contribution >= 0.6 is 24.4 Å². The van der Waals surface area contributed by atoms with E-state index in [0.717, 1.165) is 10.8 Å². The molecule has 2 rings (SSSR count). The Balaban J connectivity index is 0.000000405. The van der Waals surface area contributed by atoms with Crippen LogP contribution in [0.2, 0.25) is 0 Å². The quantitative estimate of drug-likeness (QED) is 0.210. The molecule has 2 amide bonds. The lowest BCUT2D eigenvalue weighted by molar-refractivity contribution is -0.175. The summed E-state index contributed by atoms with van der Waals surface area (Å²) in [5, 5.41) is 22.7. The summed E-state index contributed by atoms with van der Waals surface area (Å²) in [5.74, 6) is -5.74. The van der Waals surface area contributed by atoms with Crippen molar-refractivity contribution in [2.75, 3.05) is 12.0 Å². The summed E-state index contributed by atoms with van der Waals surface area (Å²) in [6, 6.07) is 10.2. The first-order valence-corrected chi connectivity index (χ1v) is 11.7. The van der Waals surface area contributed by atoms with Gasteiger partial charge in [0.2, 0.25) is 0 Å². The molecule has 0 aliphatic carbocycles. The largest absolute Gasteiger partial charge is 0.480 e. The number of nitrogens with two attached hydrogens (primary N) is 1. The van der Waals surface area contributed by atoms with Crippen LogP contribution in [0.5, 0.6) is 0 Å². The molecule has 0 aliphatic rings. The molecule has 9 nitrogen and oxygen atoms in total. The number of hydrogen-bond donors (Lipinski definition) is 6. The van der Waals surface area contributed by atoms with E-state index in [-0.39, 0.29) is 11.8 Å². The minimum absolute atomic E-state index is 0.174. The van der Waals surface area contributed by atoms with Crippen molar-refractivity contribution in [1.82, 2.24) is 10.6 Å². The van der Waals surface area contributed by atoms with Crippen LogP contribution in [-0.2, 0) is 14.4 Å². The average molecular weight is 536 g/mol. The Labute approximate surface area is 208 Å². The molecule has 0 spiro atoms. The van der Waals surface area contributed by atoms with E-state index in [1.807, 2.05) is 30.3 Å². The van der Waals surface area contributed by atoms with Crippen LogP contribution < -0.4 is 16.4 Å². The van der Waals surface area contributed by atoms with Gasteiger partial charge in [-0.15, -0.1) is 11.8 Å². The predicted octanol–water partition coefficient (Wildman–Crippen LogP) is 2.11. The Bertz CT molecular complexity index is 1050. The highest BCUT2D eigenvalue weighted by molar-refractivity contribution is 7.99. The zero-order chi connectivity index (χ0) is 26.8. The molecule has 14 heteroatoms. The standard InChI is InChI=1S/C16H18N2O3S.C5H6F3NO3S/c1-22-14(17)9-13(16(20)21)18-15(19)12-8-4-6-10-5-2-3-7-11(10)12;6-5(7,8)4(12)9-2(1-13)3(10)11/h2-8,13-14H,9,17H2,1H3,(H,18,19)(H,20,21);2,13H,1H2,(H,9,12)(H,10,11)/t13-,14?;2-/m00/s1. The summed E-state index contributed by atoms with van der Waals surface area (Å²) < 4.78 is 34.7. The second kappa shape index (κ2) is 13.8. The van der Waals surface area contributed by atoms with Crippen LogP contribution in [0.25, 0.3) is 10.8 Å². The summed E-state index contributed by atoms with van der Waals surface area (Å²) in [4.78, 5) is 44.1. The molecule has 0 aromatic heterocycles. The number of amides is 2. The van der Waals surface area contributed by atoms with Crippen LogP contribution in [0, 0.1) is 0 Å². The number of thiol groups is 1. The van der Waals surface area contributed by atoms with Crippen molar-refractivity contribution in [2.45, 2.75) is 30.1 Å². The maximum atomic E-state index is 12.4. The highest BCUT2D eigenvalue weighted by Gasteiger charge is 2.40. The summed E-state index contributed by atoms with van der Waals surface area (Å²) in [5.41, 5.74) is 6.23. The molecule has 6 N–H and O–H groups in total. The number of nitrogens with one attached hydrogen (secondary N) is 2. The lowest BCUT2D eigenvalue weighted by Crippen LogP contribution is -2.47. The first kappa shape index (κ1) is 30.1. The van der Waals surface area contributed by atoms with E-state index in [1.165, 1.54) is 17.1 Å². The zero-order valence-corrected chi connectivity index (χ0v) is 20.0. The first-order valence-electron chi connectivity index (χ1n) is 9.82. The number of aliphatic carboxylic acids is 2. The van der Waals surface area contributed by atoms with Gasteiger partial charge in [-0.1, -0.05) is 36.4 Å². The van der Waals surface area contributed by atoms with Crippen molar-refractivity contribution >= 4 is 58.9 Å². The Kier molecular flexibility index (Phi) is 11.9. The minimum Gasteiger partial charge on any atom is -0.480 e. The van der Waals surface area contributed by atoms with Crippen molar-refractivity contribution in [1.29, 1.82) is 0 Å². The molecule has 0 fully saturated rings. The molecule has 2 aromatic rings. The van der Waals surface area contributed by atoms with Gasteiger partial charge in [0, 0.05) is 17.7 Å². The van der Waals surface area contributed by atoms with E-state index in [0.29, 0.717) is 5.56 Å². The monoisotopic (exact) mass is 535 g/mol. The Morgan fingerprint density at radius 1 is 1.00 bits per heavy atom. The number of carbonyl (C=O) groups excluding carboxylic acids is 2. The van der Waals surface area contributed by atoms with E-state index in [1.54, 1.807) is 18.4 Å². The summed E-state index contributed by atoms with van der Waals surface area (Å²) in [6.07, 6.45) is -3.10. The van der Waals surface area contributed by atoms with Gasteiger partial charge < -0.3 is 26.6 Å². The van der Waals surface area contributed by atoms with E-state index < -0.39 is 47.8 Å². The normalized spacial score (nSPS) is 13.5. The average Bonchev–Trinajstić information content (AvgIpc) is 2.80. The van der Waals surface area contributed by atoms with Crippen LogP contribution in [0.3, 0.4) is 0 Å². The fourth-order valence-corrected chi connectivity index (χ4v) is 3.27. The van der Waals surface area contributed by atoms with E-state index >= 15 is 0 Å². The number of alkyl halides is 3. The van der Waals surface area contributed by atoms with Crippen LogP contribution in [0.4, 0.5) is 13.2 Å². The molecule has 0 aliphatic heterocycles. The third kappa shape index (κ3) is 9.66. The van der Waals surface area contributed by atoms with Gasteiger partial charge in [0.25, 0.3) is 5.91 Å². The van der Waals surface area contributed by atoms with Gasteiger partial charge in [0.05, 0.1) is 5.37 Å². The van der Waals surface area contributed by atoms with Gasteiger partial charge in [0.15, 0.2) is 0 Å². The molecule has 0 saturated heterocycles. The first-order chi connectivity index (χ1) is 16.3. The van der Waals surface area contributed by atoms with Crippen molar-refractivity contribution in [3.05, 3.63) is 48.0 Å².